The molecule has 2 saturated carbocycles. The summed E-state index contributed by atoms with van der Waals surface area (Å²) >= 11 is 0. The summed E-state index contributed by atoms with van der Waals surface area (Å²) in [5, 5.41) is 10.8. The van der Waals surface area contributed by atoms with Crippen molar-refractivity contribution in [1.82, 2.24) is 0 Å². The number of methoxy groups -OCH3 is 1. The highest BCUT2D eigenvalue weighted by Gasteiger charge is 2.67. The second kappa shape index (κ2) is 9.00. The Morgan fingerprint density at radius 1 is 1.05 bits per heavy atom. The molecule has 0 aromatic rings. The van der Waals surface area contributed by atoms with E-state index in [1.165, 1.54) is 7.11 Å². The highest BCUT2D eigenvalue weighted by Crippen LogP contribution is 2.70. The summed E-state index contributed by atoms with van der Waals surface area (Å²) in [6.45, 7) is 14.1. The number of hydrogen-bond donors (Lipinski definition) is 1. The van der Waals surface area contributed by atoms with E-state index in [2.05, 4.69) is 20.8 Å². The Morgan fingerprint density at radius 2 is 1.70 bits per heavy atom. The minimum atomic E-state index is -0.512. The number of Topliss-reactive ketones (excluding diaryl/α,β-unsaturated/α-hetero) is 2. The zero-order chi connectivity index (χ0) is 27.7. The summed E-state index contributed by atoms with van der Waals surface area (Å²) in [5.74, 6) is -0.989. The van der Waals surface area contributed by atoms with Crippen molar-refractivity contribution in [3.05, 3.63) is 22.8 Å². The van der Waals surface area contributed by atoms with E-state index in [1.807, 2.05) is 20.8 Å². The summed E-state index contributed by atoms with van der Waals surface area (Å²) in [4.78, 5) is 52.5. The molecule has 6 nitrogen and oxygen atoms in total. The van der Waals surface area contributed by atoms with Gasteiger partial charge in [-0.25, -0.2) is 0 Å². The van der Waals surface area contributed by atoms with Gasteiger partial charge in [0.15, 0.2) is 17.3 Å². The van der Waals surface area contributed by atoms with E-state index in [1.54, 1.807) is 13.0 Å². The maximum Gasteiger partial charge on any atom is 0.308 e. The maximum absolute atomic E-state index is 14.1. The van der Waals surface area contributed by atoms with E-state index in [0.29, 0.717) is 25.7 Å². The lowest BCUT2D eigenvalue weighted by atomic mass is 9.43. The Hall–Kier alpha value is -2.08. The number of fused-ring (bicyclic) bond motifs is 4. The van der Waals surface area contributed by atoms with E-state index in [9.17, 15) is 24.3 Å². The molecule has 0 heterocycles. The molecule has 0 saturated heterocycles. The smallest absolute Gasteiger partial charge is 0.308 e. The van der Waals surface area contributed by atoms with Crippen LogP contribution in [0.4, 0.5) is 0 Å². The lowest BCUT2D eigenvalue weighted by Crippen LogP contribution is -2.58. The van der Waals surface area contributed by atoms with Gasteiger partial charge in [-0.15, -0.1) is 0 Å². The van der Waals surface area contributed by atoms with Crippen LogP contribution in [0, 0.1) is 39.4 Å². The summed E-state index contributed by atoms with van der Waals surface area (Å²) in [7, 11) is 1.32. The molecule has 204 valence electrons. The molecule has 2 fully saturated rings. The van der Waals surface area contributed by atoms with Crippen molar-refractivity contribution in [3.8, 4) is 0 Å². The molecule has 0 amide bonds. The van der Waals surface area contributed by atoms with Gasteiger partial charge < -0.3 is 9.84 Å². The van der Waals surface area contributed by atoms with Crippen LogP contribution in [0.15, 0.2) is 22.8 Å². The monoisotopic (exact) mass is 512 g/mol. The third kappa shape index (κ3) is 3.92. The predicted octanol–water partition coefficient (Wildman–Crippen LogP) is 5.17. The van der Waals surface area contributed by atoms with Crippen LogP contribution in [0.5, 0.6) is 0 Å². The Morgan fingerprint density at radius 3 is 2.32 bits per heavy atom. The molecule has 0 spiro atoms. The average molecular weight is 513 g/mol. The average Bonchev–Trinajstić information content (AvgIpc) is 3.08. The number of esters is 1. The number of rotatable bonds is 5. The lowest BCUT2D eigenvalue weighted by Gasteiger charge is -2.60. The summed E-state index contributed by atoms with van der Waals surface area (Å²) in [6, 6.07) is 0. The van der Waals surface area contributed by atoms with Gasteiger partial charge >= 0.3 is 5.97 Å². The van der Waals surface area contributed by atoms with E-state index in [4.69, 9.17) is 4.74 Å². The number of ketones is 3. The zero-order valence-electron chi connectivity index (χ0n) is 23.8. The van der Waals surface area contributed by atoms with Crippen LogP contribution in [0.3, 0.4) is 0 Å². The van der Waals surface area contributed by atoms with Crippen molar-refractivity contribution < 1.29 is 29.0 Å². The van der Waals surface area contributed by atoms with Gasteiger partial charge in [-0.1, -0.05) is 47.1 Å². The van der Waals surface area contributed by atoms with E-state index >= 15 is 0 Å². The Kier molecular flexibility index (Phi) is 6.79. The second-order valence-electron chi connectivity index (χ2n) is 13.6. The van der Waals surface area contributed by atoms with Crippen LogP contribution in [-0.4, -0.2) is 41.6 Å². The van der Waals surface area contributed by atoms with Gasteiger partial charge in [0.05, 0.1) is 19.1 Å². The number of hydrogen-bond acceptors (Lipinski definition) is 6. The van der Waals surface area contributed by atoms with Crippen LogP contribution in [0.2, 0.25) is 0 Å². The van der Waals surface area contributed by atoms with Gasteiger partial charge in [-0.3, -0.25) is 19.2 Å². The van der Waals surface area contributed by atoms with Crippen molar-refractivity contribution in [2.45, 2.75) is 99.5 Å². The first kappa shape index (κ1) is 27.9. The Balaban J connectivity index is 1.73. The van der Waals surface area contributed by atoms with Gasteiger partial charge in [0.25, 0.3) is 0 Å². The molecular weight excluding hydrogens is 468 g/mol. The molecule has 6 heteroatoms. The van der Waals surface area contributed by atoms with Gasteiger partial charge in [0, 0.05) is 41.2 Å². The molecule has 0 radical (unpaired) electrons. The highest BCUT2D eigenvalue weighted by molar-refractivity contribution is 6.11. The molecule has 4 rings (SSSR count). The highest BCUT2D eigenvalue weighted by atomic mass is 16.5. The molecule has 0 aromatic heterocycles. The summed E-state index contributed by atoms with van der Waals surface area (Å²) in [5.41, 5.74) is 0.597. The Bertz CT molecular complexity index is 1110. The van der Waals surface area contributed by atoms with Crippen molar-refractivity contribution in [2.24, 2.45) is 39.4 Å². The molecule has 0 unspecified atom stereocenters. The fraction of sp³-hybridized carbons (Fsp3) is 0.742. The molecule has 0 aromatic carbocycles. The van der Waals surface area contributed by atoms with Gasteiger partial charge in [0.2, 0.25) is 0 Å². The predicted molar refractivity (Wildman–Crippen MR) is 140 cm³/mol. The van der Waals surface area contributed by atoms with Gasteiger partial charge in [0.1, 0.15) is 0 Å². The first-order valence-corrected chi connectivity index (χ1v) is 13.8. The summed E-state index contributed by atoms with van der Waals surface area (Å²) in [6.07, 6.45) is 4.88. The van der Waals surface area contributed by atoms with Crippen LogP contribution in [0.1, 0.15) is 93.4 Å². The van der Waals surface area contributed by atoms with Crippen molar-refractivity contribution in [1.29, 1.82) is 0 Å². The Labute approximate surface area is 221 Å². The quantitative estimate of drug-likeness (QED) is 0.403. The van der Waals surface area contributed by atoms with Crippen molar-refractivity contribution in [2.75, 3.05) is 7.11 Å². The third-order valence-corrected chi connectivity index (χ3v) is 11.3. The van der Waals surface area contributed by atoms with Crippen LogP contribution >= 0.6 is 0 Å². The molecule has 7 atom stereocenters. The van der Waals surface area contributed by atoms with Crippen LogP contribution in [0.25, 0.3) is 0 Å². The normalized spacial score (nSPS) is 40.0. The first-order valence-electron chi connectivity index (χ1n) is 13.8. The van der Waals surface area contributed by atoms with Crippen LogP contribution < -0.4 is 0 Å². The third-order valence-electron chi connectivity index (χ3n) is 11.3. The molecule has 4 aliphatic rings. The minimum Gasteiger partial charge on any atom is -0.469 e. The van der Waals surface area contributed by atoms with Gasteiger partial charge in [-0.2, -0.15) is 0 Å². The van der Waals surface area contributed by atoms with Crippen molar-refractivity contribution in [3.63, 3.8) is 0 Å². The fourth-order valence-electron chi connectivity index (χ4n) is 8.88. The maximum atomic E-state index is 14.1. The molecule has 0 aliphatic heterocycles. The molecule has 1 N–H and O–H groups in total. The SMILES string of the molecule is COC(=O)[C@@H](C)CC(=O)/C=C(/C)[C@H]1CC[C@@]2(C)C3=C(C(=O)C[C@]12C)[C@@]1(C)CC[C@H](O)C(C)(C)[C@@H]1CC3=O. The first-order chi connectivity index (χ1) is 17.0. The second-order valence-corrected chi connectivity index (χ2v) is 13.6. The van der Waals surface area contributed by atoms with Crippen LogP contribution in [-0.2, 0) is 23.9 Å². The lowest BCUT2D eigenvalue weighted by molar-refractivity contribution is -0.146. The van der Waals surface area contributed by atoms with E-state index in [-0.39, 0.29) is 35.6 Å². The number of aliphatic hydroxyl groups is 1. The molecule has 0 bridgehead atoms. The van der Waals surface area contributed by atoms with Gasteiger partial charge in [-0.05, 0) is 61.3 Å². The van der Waals surface area contributed by atoms with E-state index < -0.39 is 39.7 Å². The number of aliphatic hydroxyl groups excluding tert-OH is 1. The number of carbonyl (C=O) groups excluding carboxylic acids is 4. The standard InChI is InChI=1S/C31H44O6/c1-17(13-19(32)14-18(2)27(36)37-8)20-9-12-30(6)26-21(33)15-23-28(3,4)24(35)10-11-29(23,5)25(26)22(34)16-31(20,30)7/h13,18,20,23-24,35H,9-12,14-16H2,1-8H3/b17-13-/t18-,20+,23-,24-,29-,30-,31+/m0/s1. The topological polar surface area (TPSA) is 97.7 Å². The number of ether oxygens (including phenoxy) is 1. The number of allylic oxidation sites excluding steroid dienone is 4. The number of carbonyl (C=O) groups is 4. The van der Waals surface area contributed by atoms with E-state index in [0.717, 1.165) is 29.6 Å². The largest absolute Gasteiger partial charge is 0.469 e. The fourth-order valence-corrected chi connectivity index (χ4v) is 8.88. The summed E-state index contributed by atoms with van der Waals surface area (Å²) < 4.78 is 4.75. The van der Waals surface area contributed by atoms with Crippen molar-refractivity contribution >= 4 is 23.3 Å². The minimum absolute atomic E-state index is 0.00386. The molecule has 4 aliphatic carbocycles. The molecular formula is C31H44O6. The molecule has 37 heavy (non-hydrogen) atoms. The zero-order valence-corrected chi connectivity index (χ0v) is 23.8.